The third-order valence-electron chi connectivity index (χ3n) is 4.17. The fourth-order valence-electron chi connectivity index (χ4n) is 2.48. The van der Waals surface area contributed by atoms with Crippen LogP contribution in [0.1, 0.15) is 37.9 Å². The molecule has 2 atom stereocenters. The van der Waals surface area contributed by atoms with Crippen LogP contribution in [0.3, 0.4) is 0 Å². The Kier molecular flexibility index (Phi) is 4.28. The van der Waals surface area contributed by atoms with Crippen LogP contribution in [0.5, 0.6) is 0 Å². The lowest BCUT2D eigenvalue weighted by Gasteiger charge is -2.26. The van der Waals surface area contributed by atoms with Crippen molar-refractivity contribution in [3.63, 3.8) is 0 Å². The number of rotatable bonds is 6. The number of esters is 1. The number of hydrogen-bond donors (Lipinski definition) is 1. The van der Waals surface area contributed by atoms with Crippen molar-refractivity contribution in [3.8, 4) is 0 Å². The van der Waals surface area contributed by atoms with E-state index in [9.17, 15) is 14.7 Å². The van der Waals surface area contributed by atoms with Crippen LogP contribution in [0, 0.1) is 5.92 Å². The van der Waals surface area contributed by atoms with Gasteiger partial charge in [0.05, 0.1) is 0 Å². The zero-order valence-corrected chi connectivity index (χ0v) is 12.0. The number of aromatic nitrogens is 1. The number of aldehydes is 1. The van der Waals surface area contributed by atoms with Crippen LogP contribution in [0.15, 0.2) is 12.3 Å². The fraction of sp³-hybridized carbons (Fsp3) is 0.600. The Balaban J connectivity index is 1.96. The first kappa shape index (κ1) is 14.8. The molecule has 1 aromatic heterocycles. The van der Waals surface area contributed by atoms with Gasteiger partial charge in [0.15, 0.2) is 5.60 Å². The van der Waals surface area contributed by atoms with Gasteiger partial charge in [-0.1, -0.05) is 6.92 Å². The molecule has 0 saturated heterocycles. The van der Waals surface area contributed by atoms with Gasteiger partial charge in [0.1, 0.15) is 12.9 Å². The van der Waals surface area contributed by atoms with Crippen molar-refractivity contribution < 1.29 is 19.4 Å². The zero-order chi connectivity index (χ0) is 14.8. The molecule has 110 valence electrons. The molecule has 20 heavy (non-hydrogen) atoms. The van der Waals surface area contributed by atoms with Crippen molar-refractivity contribution in [3.05, 3.63) is 23.5 Å². The smallest absolute Gasteiger partial charge is 0.338 e. The van der Waals surface area contributed by atoms with Crippen molar-refractivity contribution in [1.29, 1.82) is 0 Å². The Morgan fingerprint density at radius 3 is 3.10 bits per heavy atom. The summed E-state index contributed by atoms with van der Waals surface area (Å²) in [4.78, 5) is 22.5. The summed E-state index contributed by atoms with van der Waals surface area (Å²) >= 11 is 0. The molecule has 1 aliphatic heterocycles. The predicted molar refractivity (Wildman–Crippen MR) is 73.0 cm³/mol. The Labute approximate surface area is 118 Å². The van der Waals surface area contributed by atoms with Gasteiger partial charge in [-0.3, -0.25) is 0 Å². The van der Waals surface area contributed by atoms with Crippen LogP contribution >= 0.6 is 0 Å². The minimum atomic E-state index is -1.64. The predicted octanol–water partition coefficient (Wildman–Crippen LogP) is 1.45. The molecule has 0 aromatic carbocycles. The third-order valence-corrected chi connectivity index (χ3v) is 4.17. The third kappa shape index (κ3) is 2.77. The highest BCUT2D eigenvalue weighted by molar-refractivity contribution is 5.79. The molecule has 0 fully saturated rings. The van der Waals surface area contributed by atoms with E-state index in [-0.39, 0.29) is 13.0 Å². The molecule has 5 heteroatoms. The summed E-state index contributed by atoms with van der Waals surface area (Å²) in [5.74, 6) is -1.14. The summed E-state index contributed by atoms with van der Waals surface area (Å²) in [6.45, 7) is 4.24. The van der Waals surface area contributed by atoms with Gasteiger partial charge in [0, 0.05) is 36.3 Å². The molecular weight excluding hydrogens is 258 g/mol. The van der Waals surface area contributed by atoms with Crippen LogP contribution in [0.2, 0.25) is 0 Å². The Morgan fingerprint density at radius 1 is 1.65 bits per heavy atom. The maximum absolute atomic E-state index is 12.0. The number of nitrogens with zero attached hydrogens (tertiary/aromatic N) is 1. The average Bonchev–Trinajstić information content (AvgIpc) is 2.99. The molecular formula is C15H21NO4. The topological polar surface area (TPSA) is 68.5 Å². The van der Waals surface area contributed by atoms with Crippen LogP contribution in [0.4, 0.5) is 0 Å². The summed E-state index contributed by atoms with van der Waals surface area (Å²) in [7, 11) is 0. The van der Waals surface area contributed by atoms with E-state index < -0.39 is 17.5 Å². The van der Waals surface area contributed by atoms with Crippen LogP contribution < -0.4 is 0 Å². The van der Waals surface area contributed by atoms with Gasteiger partial charge in [-0.05, 0) is 25.8 Å². The molecule has 0 unspecified atom stereocenters. The van der Waals surface area contributed by atoms with Gasteiger partial charge in [0.25, 0.3) is 0 Å². The van der Waals surface area contributed by atoms with Gasteiger partial charge in [-0.2, -0.15) is 0 Å². The number of ether oxygens (including phenoxy) is 1. The second-order valence-electron chi connectivity index (χ2n) is 5.61. The molecule has 0 aliphatic carbocycles. The molecule has 1 N–H and O–H groups in total. The molecule has 2 rings (SSSR count). The summed E-state index contributed by atoms with van der Waals surface area (Å²) in [5, 5.41) is 10.2. The van der Waals surface area contributed by atoms with Crippen molar-refractivity contribution in [2.45, 2.75) is 51.9 Å². The van der Waals surface area contributed by atoms with Crippen molar-refractivity contribution in [2.24, 2.45) is 5.92 Å². The second-order valence-corrected chi connectivity index (χ2v) is 5.61. The molecule has 1 aliphatic rings. The number of aliphatic hydroxyl groups is 1. The number of aryl methyl sites for hydroxylation is 1. The quantitative estimate of drug-likeness (QED) is 0.632. The first-order valence-electron chi connectivity index (χ1n) is 6.97. The first-order valence-corrected chi connectivity index (χ1v) is 6.97. The van der Waals surface area contributed by atoms with Gasteiger partial charge in [-0.25, -0.2) is 4.79 Å². The zero-order valence-electron chi connectivity index (χ0n) is 12.0. The highest BCUT2D eigenvalue weighted by Gasteiger charge is 2.38. The van der Waals surface area contributed by atoms with Crippen molar-refractivity contribution >= 4 is 12.3 Å². The standard InChI is InChI=1S/C15H21NO4/c1-11(6-9-17)15(2,19)14(18)20-10-12-5-8-16-7-3-4-13(12)16/h5,8-9,11,19H,3-4,6-7,10H2,1-2H3/t11-,15+/m0/s1. The molecule has 1 aromatic rings. The van der Waals surface area contributed by atoms with E-state index in [1.165, 1.54) is 12.6 Å². The minimum absolute atomic E-state index is 0.129. The summed E-state index contributed by atoms with van der Waals surface area (Å²) in [6.07, 6.45) is 4.94. The largest absolute Gasteiger partial charge is 0.459 e. The summed E-state index contributed by atoms with van der Waals surface area (Å²) in [6, 6.07) is 1.95. The highest BCUT2D eigenvalue weighted by atomic mass is 16.5. The van der Waals surface area contributed by atoms with Gasteiger partial charge in [-0.15, -0.1) is 0 Å². The second kappa shape index (κ2) is 5.79. The van der Waals surface area contributed by atoms with Crippen molar-refractivity contribution in [2.75, 3.05) is 0 Å². The van der Waals surface area contributed by atoms with Gasteiger partial charge in [0.2, 0.25) is 0 Å². The fourth-order valence-corrected chi connectivity index (χ4v) is 2.48. The number of carbonyl (C=O) groups is 2. The normalized spacial score (nSPS) is 18.1. The van der Waals surface area contributed by atoms with E-state index in [2.05, 4.69) is 4.57 Å². The first-order chi connectivity index (χ1) is 9.46. The van der Waals surface area contributed by atoms with E-state index in [4.69, 9.17) is 4.74 Å². The highest BCUT2D eigenvalue weighted by Crippen LogP contribution is 2.24. The summed E-state index contributed by atoms with van der Waals surface area (Å²) < 4.78 is 7.39. The van der Waals surface area contributed by atoms with E-state index in [1.54, 1.807) is 6.92 Å². The number of carbonyl (C=O) groups excluding carboxylic acids is 2. The van der Waals surface area contributed by atoms with Crippen LogP contribution in [0.25, 0.3) is 0 Å². The molecule has 0 bridgehead atoms. The van der Waals surface area contributed by atoms with E-state index >= 15 is 0 Å². The molecule has 0 saturated carbocycles. The maximum Gasteiger partial charge on any atom is 0.338 e. The van der Waals surface area contributed by atoms with E-state index in [0.717, 1.165) is 24.9 Å². The molecule has 0 amide bonds. The SMILES string of the molecule is C[C@@H](CC=O)[C@@](C)(O)C(=O)OCc1ccn2c1CCC2. The van der Waals surface area contributed by atoms with E-state index in [0.29, 0.717) is 6.29 Å². The number of fused-ring (bicyclic) bond motifs is 1. The summed E-state index contributed by atoms with van der Waals surface area (Å²) in [5.41, 5.74) is 0.567. The Bertz CT molecular complexity index is 504. The average molecular weight is 279 g/mol. The lowest BCUT2D eigenvalue weighted by atomic mass is 9.89. The minimum Gasteiger partial charge on any atom is -0.459 e. The monoisotopic (exact) mass is 279 g/mol. The lowest BCUT2D eigenvalue weighted by molar-refractivity contribution is -0.170. The van der Waals surface area contributed by atoms with Gasteiger partial charge >= 0.3 is 5.97 Å². The van der Waals surface area contributed by atoms with Gasteiger partial charge < -0.3 is 19.2 Å². The van der Waals surface area contributed by atoms with Crippen molar-refractivity contribution in [1.82, 2.24) is 4.57 Å². The Hall–Kier alpha value is -1.62. The lowest BCUT2D eigenvalue weighted by Crippen LogP contribution is -2.43. The maximum atomic E-state index is 12.0. The Morgan fingerprint density at radius 2 is 2.40 bits per heavy atom. The van der Waals surface area contributed by atoms with Crippen LogP contribution in [-0.2, 0) is 33.9 Å². The van der Waals surface area contributed by atoms with E-state index in [1.807, 2.05) is 12.3 Å². The molecule has 5 nitrogen and oxygen atoms in total. The molecule has 2 heterocycles. The molecule has 0 spiro atoms. The van der Waals surface area contributed by atoms with Crippen LogP contribution in [-0.4, -0.2) is 27.5 Å². The number of hydrogen-bond acceptors (Lipinski definition) is 4. The molecule has 0 radical (unpaired) electrons.